The molecule has 0 aliphatic rings. The summed E-state index contributed by atoms with van der Waals surface area (Å²) in [6, 6.07) is 4.07. The molecule has 0 heterocycles. The third-order valence-electron chi connectivity index (χ3n) is 2.51. The Balaban J connectivity index is 2.90. The van der Waals surface area contributed by atoms with Crippen LogP contribution in [0, 0.1) is 5.82 Å². The zero-order valence-corrected chi connectivity index (χ0v) is 10.2. The van der Waals surface area contributed by atoms with E-state index in [1.807, 2.05) is 0 Å². The number of carbonyl (C=O) groups excluding carboxylic acids is 1. The maximum Gasteiger partial charge on any atom is 0.256 e. The predicted octanol–water partition coefficient (Wildman–Crippen LogP) is 0.489. The Kier molecular flexibility index (Phi) is 5.54. The quantitative estimate of drug-likeness (QED) is 0.726. The van der Waals surface area contributed by atoms with Crippen molar-refractivity contribution in [1.29, 1.82) is 0 Å². The van der Waals surface area contributed by atoms with Gasteiger partial charge in [0.25, 0.3) is 5.91 Å². The van der Waals surface area contributed by atoms with E-state index in [4.69, 9.17) is 15.6 Å². The van der Waals surface area contributed by atoms with Crippen molar-refractivity contribution in [2.45, 2.75) is 0 Å². The third-order valence-corrected chi connectivity index (χ3v) is 2.51. The van der Waals surface area contributed by atoms with Crippen molar-refractivity contribution >= 4 is 11.6 Å². The number of rotatable bonds is 6. The number of ether oxygens (including phenoxy) is 1. The smallest absolute Gasteiger partial charge is 0.256 e. The number of hydrogen-bond acceptors (Lipinski definition) is 4. The largest absolute Gasteiger partial charge is 0.396 e. The number of nitrogen functional groups attached to an aromatic ring is 1. The van der Waals surface area contributed by atoms with E-state index >= 15 is 0 Å². The van der Waals surface area contributed by atoms with Gasteiger partial charge in [0.05, 0.1) is 24.5 Å². The van der Waals surface area contributed by atoms with Gasteiger partial charge in [0, 0.05) is 20.2 Å². The van der Waals surface area contributed by atoms with Crippen LogP contribution >= 0.6 is 0 Å². The molecule has 0 aliphatic heterocycles. The van der Waals surface area contributed by atoms with E-state index in [1.165, 1.54) is 30.2 Å². The molecule has 6 heteroatoms. The highest BCUT2D eigenvalue weighted by molar-refractivity contribution is 5.99. The van der Waals surface area contributed by atoms with Gasteiger partial charge in [-0.1, -0.05) is 6.07 Å². The molecule has 0 unspecified atom stereocenters. The minimum atomic E-state index is -0.628. The fourth-order valence-electron chi connectivity index (χ4n) is 1.53. The lowest BCUT2D eigenvalue weighted by atomic mass is 10.1. The van der Waals surface area contributed by atoms with Gasteiger partial charge < -0.3 is 20.5 Å². The van der Waals surface area contributed by atoms with Crippen LogP contribution in [-0.4, -0.2) is 49.3 Å². The average molecular weight is 256 g/mol. The standard InChI is InChI=1S/C12H17FN2O3/c1-18-8-6-15(5-7-16)12(17)9-3-2-4-10(13)11(9)14/h2-4,16H,5-8,14H2,1H3. The fourth-order valence-corrected chi connectivity index (χ4v) is 1.53. The van der Waals surface area contributed by atoms with Gasteiger partial charge in [0.1, 0.15) is 5.82 Å². The fraction of sp³-hybridized carbons (Fsp3) is 0.417. The van der Waals surface area contributed by atoms with E-state index in [0.29, 0.717) is 13.2 Å². The summed E-state index contributed by atoms with van der Waals surface area (Å²) in [6.07, 6.45) is 0. The monoisotopic (exact) mass is 256 g/mol. The SMILES string of the molecule is COCCN(CCO)C(=O)c1cccc(F)c1N. The molecule has 3 N–H and O–H groups in total. The van der Waals surface area contributed by atoms with Gasteiger partial charge in [-0.2, -0.15) is 0 Å². The number of nitrogens with zero attached hydrogens (tertiary/aromatic N) is 1. The number of hydrogen-bond donors (Lipinski definition) is 2. The number of nitrogens with two attached hydrogens (primary N) is 1. The van der Waals surface area contributed by atoms with Gasteiger partial charge in [-0.15, -0.1) is 0 Å². The molecule has 0 saturated carbocycles. The maximum atomic E-state index is 13.3. The summed E-state index contributed by atoms with van der Waals surface area (Å²) < 4.78 is 18.1. The Hall–Kier alpha value is -1.66. The number of anilines is 1. The lowest BCUT2D eigenvalue weighted by Gasteiger charge is -2.22. The van der Waals surface area contributed by atoms with Gasteiger partial charge in [-0.25, -0.2) is 4.39 Å². The van der Waals surface area contributed by atoms with Crippen LogP contribution in [0.5, 0.6) is 0 Å². The predicted molar refractivity (Wildman–Crippen MR) is 65.7 cm³/mol. The average Bonchev–Trinajstić information content (AvgIpc) is 2.37. The van der Waals surface area contributed by atoms with Gasteiger partial charge in [-0.05, 0) is 12.1 Å². The zero-order valence-electron chi connectivity index (χ0n) is 10.2. The summed E-state index contributed by atoms with van der Waals surface area (Å²) >= 11 is 0. The van der Waals surface area contributed by atoms with E-state index in [2.05, 4.69) is 0 Å². The van der Waals surface area contributed by atoms with Gasteiger partial charge >= 0.3 is 0 Å². The first-order valence-electron chi connectivity index (χ1n) is 5.55. The van der Waals surface area contributed by atoms with E-state index < -0.39 is 11.7 Å². The first-order chi connectivity index (χ1) is 8.61. The first kappa shape index (κ1) is 14.4. The number of carbonyl (C=O) groups is 1. The summed E-state index contributed by atoms with van der Waals surface area (Å²) in [6.45, 7) is 0.621. The van der Waals surface area contributed by atoms with Crippen molar-refractivity contribution < 1.29 is 19.0 Å². The van der Waals surface area contributed by atoms with Gasteiger partial charge in [0.2, 0.25) is 0 Å². The Morgan fingerprint density at radius 3 is 2.83 bits per heavy atom. The second kappa shape index (κ2) is 6.93. The van der Waals surface area contributed by atoms with Crippen LogP contribution in [0.3, 0.4) is 0 Å². The molecule has 1 amide bonds. The number of aliphatic hydroxyl groups excluding tert-OH is 1. The van der Waals surface area contributed by atoms with Crippen molar-refractivity contribution in [2.24, 2.45) is 0 Å². The molecule has 0 atom stereocenters. The number of para-hydroxylation sites is 1. The van der Waals surface area contributed by atoms with Gasteiger partial charge in [0.15, 0.2) is 0 Å². The van der Waals surface area contributed by atoms with Crippen molar-refractivity contribution in [1.82, 2.24) is 4.90 Å². The van der Waals surface area contributed by atoms with Crippen molar-refractivity contribution in [3.63, 3.8) is 0 Å². The zero-order chi connectivity index (χ0) is 13.5. The van der Waals surface area contributed by atoms with Crippen molar-refractivity contribution in [2.75, 3.05) is 39.1 Å². The van der Waals surface area contributed by atoms with E-state index in [0.717, 1.165) is 0 Å². The Morgan fingerprint density at radius 2 is 2.22 bits per heavy atom. The number of benzene rings is 1. The Bertz CT molecular complexity index is 412. The lowest BCUT2D eigenvalue weighted by Crippen LogP contribution is -2.36. The molecule has 0 aromatic heterocycles. The molecule has 0 fully saturated rings. The molecular formula is C12H17FN2O3. The van der Waals surface area contributed by atoms with Crippen LogP contribution in [0.2, 0.25) is 0 Å². The molecule has 0 saturated heterocycles. The van der Waals surface area contributed by atoms with Crippen LogP contribution in [-0.2, 0) is 4.74 Å². The molecule has 1 rings (SSSR count). The summed E-state index contributed by atoms with van der Waals surface area (Å²) in [5.41, 5.74) is 5.45. The normalized spacial score (nSPS) is 10.4. The molecule has 1 aromatic rings. The van der Waals surface area contributed by atoms with Crippen LogP contribution in [0.25, 0.3) is 0 Å². The molecule has 0 spiro atoms. The van der Waals surface area contributed by atoms with E-state index in [1.54, 1.807) is 0 Å². The molecule has 0 radical (unpaired) electrons. The topological polar surface area (TPSA) is 75.8 Å². The van der Waals surface area contributed by atoms with Crippen LogP contribution in [0.15, 0.2) is 18.2 Å². The molecule has 18 heavy (non-hydrogen) atoms. The van der Waals surface area contributed by atoms with E-state index in [-0.39, 0.29) is 24.4 Å². The molecule has 5 nitrogen and oxygen atoms in total. The second-order valence-corrected chi connectivity index (χ2v) is 3.71. The summed E-state index contributed by atoms with van der Waals surface area (Å²) in [5.74, 6) is -1.05. The molecule has 0 aliphatic carbocycles. The molecule has 0 bridgehead atoms. The number of halogens is 1. The number of aliphatic hydroxyl groups is 1. The molecule has 100 valence electrons. The van der Waals surface area contributed by atoms with Crippen LogP contribution in [0.4, 0.5) is 10.1 Å². The minimum Gasteiger partial charge on any atom is -0.396 e. The first-order valence-corrected chi connectivity index (χ1v) is 5.55. The second-order valence-electron chi connectivity index (χ2n) is 3.71. The highest BCUT2D eigenvalue weighted by Crippen LogP contribution is 2.17. The number of methoxy groups -OCH3 is 1. The Labute approximate surface area is 105 Å². The Morgan fingerprint density at radius 1 is 1.50 bits per heavy atom. The summed E-state index contributed by atoms with van der Waals surface area (Å²) in [5, 5.41) is 8.92. The third kappa shape index (κ3) is 3.41. The van der Waals surface area contributed by atoms with E-state index in [9.17, 15) is 9.18 Å². The van der Waals surface area contributed by atoms with Crippen molar-refractivity contribution in [3.8, 4) is 0 Å². The summed E-state index contributed by atoms with van der Waals surface area (Å²) in [4.78, 5) is 13.5. The van der Waals surface area contributed by atoms with Crippen LogP contribution in [0.1, 0.15) is 10.4 Å². The highest BCUT2D eigenvalue weighted by Gasteiger charge is 2.18. The van der Waals surface area contributed by atoms with Gasteiger partial charge in [-0.3, -0.25) is 4.79 Å². The maximum absolute atomic E-state index is 13.3. The minimum absolute atomic E-state index is 0.0968. The summed E-state index contributed by atoms with van der Waals surface area (Å²) in [7, 11) is 1.51. The molecule has 1 aromatic carbocycles. The van der Waals surface area contributed by atoms with Crippen molar-refractivity contribution in [3.05, 3.63) is 29.6 Å². The lowest BCUT2D eigenvalue weighted by molar-refractivity contribution is 0.0657. The number of amides is 1. The molecular weight excluding hydrogens is 239 g/mol. The van der Waals surface area contributed by atoms with Crippen LogP contribution < -0.4 is 5.73 Å². The highest BCUT2D eigenvalue weighted by atomic mass is 19.1.